The highest BCUT2D eigenvalue weighted by atomic mass is 35.5. The average Bonchev–Trinajstić information content (AvgIpc) is 3.12. The van der Waals surface area contributed by atoms with Gasteiger partial charge in [0.15, 0.2) is 11.7 Å². The van der Waals surface area contributed by atoms with Crippen LogP contribution in [-0.2, 0) is 4.79 Å². The molecule has 0 radical (unpaired) electrons. The van der Waals surface area contributed by atoms with Crippen LogP contribution in [0.15, 0.2) is 60.0 Å². The van der Waals surface area contributed by atoms with E-state index in [1.54, 1.807) is 35.7 Å². The fraction of sp³-hybridized carbons (Fsp3) is 0.0500. The molecule has 2 aromatic carbocycles. The number of rotatable bonds is 5. The monoisotopic (exact) mass is 382 g/mol. The molecule has 128 valence electrons. The highest BCUT2D eigenvalue weighted by Gasteiger charge is 2.21. The Morgan fingerprint density at radius 2 is 1.88 bits per heavy atom. The van der Waals surface area contributed by atoms with Crippen LogP contribution in [0.3, 0.4) is 0 Å². The molecule has 0 bridgehead atoms. The van der Waals surface area contributed by atoms with Gasteiger partial charge in [-0.3, -0.25) is 4.79 Å². The molecule has 0 spiro atoms. The summed E-state index contributed by atoms with van der Waals surface area (Å²) < 4.78 is 12.9. The first-order valence-electron chi connectivity index (χ1n) is 7.65. The summed E-state index contributed by atoms with van der Waals surface area (Å²) in [5, 5.41) is 12.3. The third-order valence-corrected chi connectivity index (χ3v) is 4.79. The van der Waals surface area contributed by atoms with E-state index >= 15 is 0 Å². The second kappa shape index (κ2) is 8.05. The number of carbonyl (C=O) groups is 1. The first kappa shape index (κ1) is 18.0. The largest absolute Gasteiger partial charge is 0.293 e. The number of thiazole rings is 1. The van der Waals surface area contributed by atoms with Crippen molar-refractivity contribution < 1.29 is 9.18 Å². The molecule has 3 aromatic rings. The molecule has 1 unspecified atom stereocenters. The lowest BCUT2D eigenvalue weighted by molar-refractivity contribution is -0.114. The summed E-state index contributed by atoms with van der Waals surface area (Å²) in [6.45, 7) is 0. The molecule has 26 heavy (non-hydrogen) atoms. The van der Waals surface area contributed by atoms with Crippen molar-refractivity contribution in [3.63, 3.8) is 0 Å². The minimum absolute atomic E-state index is 0.346. The van der Waals surface area contributed by atoms with Gasteiger partial charge in [0.25, 0.3) is 0 Å². The second-order valence-corrected chi connectivity index (χ2v) is 6.75. The molecule has 0 aliphatic heterocycles. The van der Waals surface area contributed by atoms with E-state index < -0.39 is 5.92 Å². The van der Waals surface area contributed by atoms with Crippen LogP contribution in [0.4, 0.5) is 4.39 Å². The first-order valence-corrected chi connectivity index (χ1v) is 8.91. The molecular weight excluding hydrogens is 371 g/mol. The summed E-state index contributed by atoms with van der Waals surface area (Å²) in [7, 11) is 0. The Bertz CT molecular complexity index is 988. The van der Waals surface area contributed by atoms with E-state index in [1.807, 2.05) is 18.2 Å². The van der Waals surface area contributed by atoms with E-state index in [-0.39, 0.29) is 11.6 Å². The molecule has 1 aromatic heterocycles. The van der Waals surface area contributed by atoms with Gasteiger partial charge >= 0.3 is 0 Å². The van der Waals surface area contributed by atoms with Crippen LogP contribution >= 0.6 is 22.9 Å². The Labute approximate surface area is 159 Å². The molecule has 0 saturated carbocycles. The van der Waals surface area contributed by atoms with Crippen molar-refractivity contribution in [2.45, 2.75) is 5.92 Å². The zero-order valence-electron chi connectivity index (χ0n) is 13.4. The van der Waals surface area contributed by atoms with E-state index in [0.29, 0.717) is 21.3 Å². The van der Waals surface area contributed by atoms with Gasteiger partial charge in [-0.15, -0.1) is 11.3 Å². The van der Waals surface area contributed by atoms with Gasteiger partial charge < -0.3 is 0 Å². The van der Waals surface area contributed by atoms with Crippen LogP contribution in [0, 0.1) is 17.1 Å². The first-order chi connectivity index (χ1) is 12.6. The quantitative estimate of drug-likeness (QED) is 0.548. The van der Waals surface area contributed by atoms with Gasteiger partial charge in [-0.2, -0.15) is 5.26 Å². The van der Waals surface area contributed by atoms with Crippen LogP contribution in [-0.4, -0.2) is 10.8 Å². The zero-order valence-corrected chi connectivity index (χ0v) is 15.0. The van der Waals surface area contributed by atoms with Crippen molar-refractivity contribution in [1.82, 2.24) is 4.98 Å². The molecule has 6 heteroatoms. The molecular formula is C20H12ClFN2OS. The number of benzene rings is 2. The van der Waals surface area contributed by atoms with Gasteiger partial charge in [0.1, 0.15) is 10.8 Å². The van der Waals surface area contributed by atoms with Crippen molar-refractivity contribution in [2.24, 2.45) is 0 Å². The number of hydrogen-bond donors (Lipinski definition) is 0. The Balaban J connectivity index is 1.78. The lowest BCUT2D eigenvalue weighted by Crippen LogP contribution is -2.07. The van der Waals surface area contributed by atoms with Crippen molar-refractivity contribution in [3.8, 4) is 17.3 Å². The third-order valence-electron chi connectivity index (χ3n) is 3.63. The number of ketones is 1. The normalized spacial score (nSPS) is 12.0. The predicted octanol–water partition coefficient (Wildman–Crippen LogP) is 5.49. The van der Waals surface area contributed by atoms with Crippen molar-refractivity contribution >= 4 is 34.8 Å². The topological polar surface area (TPSA) is 53.8 Å². The molecule has 0 amide bonds. The van der Waals surface area contributed by atoms with Gasteiger partial charge in [-0.05, 0) is 35.9 Å². The number of nitriles is 1. The lowest BCUT2D eigenvalue weighted by atomic mass is 10.1. The van der Waals surface area contributed by atoms with Gasteiger partial charge in [0.05, 0.1) is 11.8 Å². The Morgan fingerprint density at radius 3 is 2.54 bits per heavy atom. The highest BCUT2D eigenvalue weighted by Crippen LogP contribution is 2.28. The maximum Gasteiger partial charge on any atom is 0.179 e. The smallest absolute Gasteiger partial charge is 0.179 e. The molecule has 0 fully saturated rings. The van der Waals surface area contributed by atoms with Crippen LogP contribution in [0.25, 0.3) is 17.3 Å². The van der Waals surface area contributed by atoms with Crippen LogP contribution in [0.5, 0.6) is 0 Å². The SMILES string of the molecule is N#CC(C(=O)/C=C/c1ccc(F)cc1)c1nc(-c2ccc(Cl)cc2)cs1. The zero-order chi connectivity index (χ0) is 18.5. The summed E-state index contributed by atoms with van der Waals surface area (Å²) >= 11 is 7.14. The number of hydrogen-bond acceptors (Lipinski definition) is 4. The van der Waals surface area contributed by atoms with Crippen LogP contribution in [0.2, 0.25) is 5.02 Å². The van der Waals surface area contributed by atoms with Crippen molar-refractivity contribution in [2.75, 3.05) is 0 Å². The number of carbonyl (C=O) groups excluding carboxylic acids is 1. The number of aromatic nitrogens is 1. The van der Waals surface area contributed by atoms with E-state index in [0.717, 1.165) is 5.56 Å². The Hall–Kier alpha value is -2.81. The average molecular weight is 383 g/mol. The predicted molar refractivity (Wildman–Crippen MR) is 101 cm³/mol. The summed E-state index contributed by atoms with van der Waals surface area (Å²) in [6, 6.07) is 14.9. The van der Waals surface area contributed by atoms with E-state index in [2.05, 4.69) is 4.98 Å². The van der Waals surface area contributed by atoms with Crippen molar-refractivity contribution in [3.05, 3.63) is 81.4 Å². The molecule has 0 saturated heterocycles. The Morgan fingerprint density at radius 1 is 1.19 bits per heavy atom. The maximum atomic E-state index is 12.9. The van der Waals surface area contributed by atoms with Crippen LogP contribution in [0.1, 0.15) is 16.5 Å². The third kappa shape index (κ3) is 4.23. The molecule has 0 N–H and O–H groups in total. The lowest BCUT2D eigenvalue weighted by Gasteiger charge is -2.01. The van der Waals surface area contributed by atoms with Crippen molar-refractivity contribution in [1.29, 1.82) is 5.26 Å². The van der Waals surface area contributed by atoms with E-state index in [4.69, 9.17) is 11.6 Å². The van der Waals surface area contributed by atoms with E-state index in [1.165, 1.54) is 29.5 Å². The molecule has 0 aliphatic carbocycles. The molecule has 3 nitrogen and oxygen atoms in total. The summed E-state index contributed by atoms with van der Waals surface area (Å²) in [5.41, 5.74) is 2.23. The second-order valence-electron chi connectivity index (χ2n) is 5.43. The highest BCUT2D eigenvalue weighted by molar-refractivity contribution is 7.10. The van der Waals surface area contributed by atoms with E-state index in [9.17, 15) is 14.4 Å². The molecule has 3 rings (SSSR count). The van der Waals surface area contributed by atoms with Gasteiger partial charge in [-0.1, -0.05) is 41.9 Å². The molecule has 0 aliphatic rings. The van der Waals surface area contributed by atoms with Gasteiger partial charge in [0.2, 0.25) is 0 Å². The van der Waals surface area contributed by atoms with Gasteiger partial charge in [0, 0.05) is 16.0 Å². The summed E-state index contributed by atoms with van der Waals surface area (Å²) in [4.78, 5) is 16.8. The molecule has 1 heterocycles. The fourth-order valence-electron chi connectivity index (χ4n) is 2.26. The standard InChI is InChI=1S/C20H12ClFN2OS/c21-15-6-4-14(5-7-15)18-12-26-20(24-18)17(11-23)19(25)10-3-13-1-8-16(22)9-2-13/h1-10,12,17H/b10-3+. The summed E-state index contributed by atoms with van der Waals surface area (Å²) in [5.74, 6) is -1.69. The maximum absolute atomic E-state index is 12.9. The Kier molecular flexibility index (Phi) is 5.57. The minimum Gasteiger partial charge on any atom is -0.293 e. The molecule has 1 atom stereocenters. The van der Waals surface area contributed by atoms with Crippen LogP contribution < -0.4 is 0 Å². The number of allylic oxidation sites excluding steroid dienone is 1. The fourth-order valence-corrected chi connectivity index (χ4v) is 3.27. The number of halogens is 2. The minimum atomic E-state index is -0.974. The number of nitrogens with zero attached hydrogens (tertiary/aromatic N) is 2. The summed E-state index contributed by atoms with van der Waals surface area (Å²) in [6.07, 6.45) is 2.88. The van der Waals surface area contributed by atoms with Gasteiger partial charge in [-0.25, -0.2) is 9.37 Å².